The Morgan fingerprint density at radius 1 is 1.10 bits per heavy atom. The van der Waals surface area contributed by atoms with Gasteiger partial charge in [0, 0.05) is 24.0 Å². The van der Waals surface area contributed by atoms with E-state index < -0.39 is 10.0 Å². The molecule has 2 aromatic heterocycles. The molecule has 1 aromatic carbocycles. The zero-order valence-electron chi connectivity index (χ0n) is 16.8. The highest BCUT2D eigenvalue weighted by molar-refractivity contribution is 7.89. The Morgan fingerprint density at radius 2 is 1.87 bits per heavy atom. The van der Waals surface area contributed by atoms with Gasteiger partial charge in [0.2, 0.25) is 15.9 Å². The minimum atomic E-state index is -3.52. The van der Waals surface area contributed by atoms with Crippen molar-refractivity contribution in [3.63, 3.8) is 0 Å². The van der Waals surface area contributed by atoms with Gasteiger partial charge < -0.3 is 10.1 Å². The van der Waals surface area contributed by atoms with Crippen molar-refractivity contribution in [3.05, 3.63) is 76.6 Å². The van der Waals surface area contributed by atoms with Crippen molar-refractivity contribution in [1.29, 1.82) is 0 Å². The smallest absolute Gasteiger partial charge is 0.258 e. The summed E-state index contributed by atoms with van der Waals surface area (Å²) in [7, 11) is -3.52. The fraction of sp³-hybridized carbons (Fsp3) is 0.273. The van der Waals surface area contributed by atoms with Crippen LogP contribution in [0.3, 0.4) is 0 Å². The van der Waals surface area contributed by atoms with Crippen LogP contribution < -0.4 is 10.1 Å². The maximum Gasteiger partial charge on any atom is 0.258 e. The second-order valence-electron chi connectivity index (χ2n) is 7.16. The molecule has 31 heavy (non-hydrogen) atoms. The molecular weight excluding hydrogens is 434 g/mol. The molecule has 7 nitrogen and oxygen atoms in total. The number of thiophene rings is 1. The molecule has 9 heteroatoms. The number of amides is 1. The fourth-order valence-electron chi connectivity index (χ4n) is 3.44. The lowest BCUT2D eigenvalue weighted by molar-refractivity contribution is -0.123. The van der Waals surface area contributed by atoms with Crippen LogP contribution in [0.1, 0.15) is 29.3 Å². The number of hydrogen-bond acceptors (Lipinski definition) is 6. The number of aromatic nitrogens is 1. The van der Waals surface area contributed by atoms with Crippen molar-refractivity contribution in [1.82, 2.24) is 14.6 Å². The van der Waals surface area contributed by atoms with Crippen LogP contribution in [0.5, 0.6) is 5.88 Å². The molecule has 3 aromatic rings. The van der Waals surface area contributed by atoms with E-state index in [9.17, 15) is 13.2 Å². The van der Waals surface area contributed by atoms with Crippen LogP contribution >= 0.6 is 11.3 Å². The van der Waals surface area contributed by atoms with Gasteiger partial charge in [-0.3, -0.25) is 4.79 Å². The summed E-state index contributed by atoms with van der Waals surface area (Å²) in [6.07, 6.45) is 3.02. The predicted molar refractivity (Wildman–Crippen MR) is 118 cm³/mol. The summed E-state index contributed by atoms with van der Waals surface area (Å²) in [4.78, 5) is 17.8. The standard InChI is InChI=1S/C22H23N3O4S2/c26-20(24-22(19-9-6-14-30-19)17-7-2-1-3-8-17)16-29-21-11-10-18(15-23-21)31(27,28)25-12-4-5-13-25/h1-3,6-11,14-15,22H,4-5,12-13,16H2,(H,24,26)/t22-/m1/s1. The number of nitrogens with one attached hydrogen (secondary N) is 1. The Kier molecular flexibility index (Phi) is 6.64. The van der Waals surface area contributed by atoms with E-state index in [4.69, 9.17) is 4.74 Å². The summed E-state index contributed by atoms with van der Waals surface area (Å²) < 4.78 is 32.1. The number of pyridine rings is 1. The SMILES string of the molecule is O=C(COc1ccc(S(=O)(=O)N2CCCC2)cn1)N[C@H](c1ccccc1)c1cccs1. The maximum absolute atomic E-state index is 12.6. The third-order valence-corrected chi connectivity index (χ3v) is 7.85. The Balaban J connectivity index is 1.38. The van der Waals surface area contributed by atoms with Crippen LogP contribution in [0, 0.1) is 0 Å². The largest absolute Gasteiger partial charge is 0.468 e. The molecule has 0 unspecified atom stereocenters. The Hall–Kier alpha value is -2.75. The first-order valence-electron chi connectivity index (χ1n) is 10.0. The Bertz CT molecular complexity index is 1100. The second-order valence-corrected chi connectivity index (χ2v) is 10.1. The molecule has 0 saturated carbocycles. The van der Waals surface area contributed by atoms with Gasteiger partial charge in [0.25, 0.3) is 5.91 Å². The molecular formula is C22H23N3O4S2. The zero-order chi connectivity index (χ0) is 21.7. The van der Waals surface area contributed by atoms with Gasteiger partial charge in [-0.1, -0.05) is 36.4 Å². The fourth-order valence-corrected chi connectivity index (χ4v) is 5.71. The minimum Gasteiger partial charge on any atom is -0.468 e. The first-order valence-corrected chi connectivity index (χ1v) is 12.3. The average molecular weight is 458 g/mol. The Morgan fingerprint density at radius 3 is 2.52 bits per heavy atom. The van der Waals surface area contributed by atoms with Crippen LogP contribution in [-0.4, -0.2) is 43.3 Å². The molecule has 3 heterocycles. The van der Waals surface area contributed by atoms with Crippen LogP contribution in [-0.2, 0) is 14.8 Å². The molecule has 1 amide bonds. The molecule has 0 spiro atoms. The quantitative estimate of drug-likeness (QED) is 0.561. The van der Waals surface area contributed by atoms with E-state index in [1.807, 2.05) is 47.8 Å². The van der Waals surface area contributed by atoms with Gasteiger partial charge in [0.1, 0.15) is 4.90 Å². The summed E-state index contributed by atoms with van der Waals surface area (Å²) in [5, 5.41) is 4.96. The van der Waals surface area contributed by atoms with Crippen molar-refractivity contribution < 1.29 is 17.9 Å². The van der Waals surface area contributed by atoms with E-state index in [0.717, 1.165) is 23.3 Å². The summed E-state index contributed by atoms with van der Waals surface area (Å²) in [6, 6.07) is 16.3. The molecule has 1 atom stereocenters. The highest BCUT2D eigenvalue weighted by atomic mass is 32.2. The van der Waals surface area contributed by atoms with Crippen molar-refractivity contribution in [2.24, 2.45) is 0 Å². The monoisotopic (exact) mass is 457 g/mol. The molecule has 1 aliphatic rings. The number of sulfonamides is 1. The number of carbonyl (C=O) groups excluding carboxylic acids is 1. The third-order valence-electron chi connectivity index (χ3n) is 5.03. The lowest BCUT2D eigenvalue weighted by Gasteiger charge is -2.18. The first-order chi connectivity index (χ1) is 15.0. The van der Waals surface area contributed by atoms with Crippen molar-refractivity contribution in [3.8, 4) is 5.88 Å². The number of carbonyl (C=O) groups is 1. The highest BCUT2D eigenvalue weighted by Crippen LogP contribution is 2.26. The lowest BCUT2D eigenvalue weighted by atomic mass is 10.1. The normalized spacial score (nSPS) is 15.5. The van der Waals surface area contributed by atoms with Crippen molar-refractivity contribution in [2.75, 3.05) is 19.7 Å². The Labute approximate surface area is 185 Å². The van der Waals surface area contributed by atoms with Crippen molar-refractivity contribution in [2.45, 2.75) is 23.8 Å². The summed E-state index contributed by atoms with van der Waals surface area (Å²) in [5.41, 5.74) is 0.980. The van der Waals surface area contributed by atoms with E-state index >= 15 is 0 Å². The van der Waals surface area contributed by atoms with Gasteiger partial charge in [0.15, 0.2) is 6.61 Å². The molecule has 0 radical (unpaired) electrons. The molecule has 4 rings (SSSR count). The van der Waals surface area contributed by atoms with Crippen LogP contribution in [0.2, 0.25) is 0 Å². The third kappa shape index (κ3) is 5.12. The topological polar surface area (TPSA) is 88.6 Å². The highest BCUT2D eigenvalue weighted by Gasteiger charge is 2.27. The molecule has 1 saturated heterocycles. The first kappa shape index (κ1) is 21.5. The van der Waals surface area contributed by atoms with E-state index in [-0.39, 0.29) is 29.3 Å². The maximum atomic E-state index is 12.6. The van der Waals surface area contributed by atoms with Crippen LogP contribution in [0.25, 0.3) is 0 Å². The second kappa shape index (κ2) is 9.59. The van der Waals surface area contributed by atoms with Gasteiger partial charge in [-0.15, -0.1) is 11.3 Å². The molecule has 1 N–H and O–H groups in total. The summed E-state index contributed by atoms with van der Waals surface area (Å²) in [6.45, 7) is 0.848. The number of ether oxygens (including phenoxy) is 1. The van der Waals surface area contributed by atoms with E-state index in [1.54, 1.807) is 11.3 Å². The van der Waals surface area contributed by atoms with Gasteiger partial charge in [-0.2, -0.15) is 4.31 Å². The predicted octanol–water partition coefficient (Wildman–Crippen LogP) is 3.21. The lowest BCUT2D eigenvalue weighted by Crippen LogP contribution is -2.33. The zero-order valence-corrected chi connectivity index (χ0v) is 18.4. The van der Waals surface area contributed by atoms with Crippen molar-refractivity contribution >= 4 is 27.3 Å². The van der Waals surface area contributed by atoms with Crippen LogP contribution in [0.15, 0.2) is 71.1 Å². The van der Waals surface area contributed by atoms with Gasteiger partial charge in [-0.05, 0) is 35.9 Å². The summed E-state index contributed by atoms with van der Waals surface area (Å²) >= 11 is 1.57. The molecule has 0 bridgehead atoms. The van der Waals surface area contributed by atoms with E-state index in [2.05, 4.69) is 10.3 Å². The van der Waals surface area contributed by atoms with Crippen LogP contribution in [0.4, 0.5) is 0 Å². The van der Waals surface area contributed by atoms with E-state index in [1.165, 1.54) is 22.6 Å². The number of nitrogens with zero attached hydrogens (tertiary/aromatic N) is 2. The number of rotatable bonds is 8. The minimum absolute atomic E-state index is 0.132. The van der Waals surface area contributed by atoms with Gasteiger partial charge >= 0.3 is 0 Å². The number of benzene rings is 1. The molecule has 162 valence electrons. The number of hydrogen-bond donors (Lipinski definition) is 1. The molecule has 1 fully saturated rings. The van der Waals surface area contributed by atoms with Gasteiger partial charge in [-0.25, -0.2) is 13.4 Å². The molecule has 0 aliphatic carbocycles. The molecule has 1 aliphatic heterocycles. The van der Waals surface area contributed by atoms with Gasteiger partial charge in [0.05, 0.1) is 12.2 Å². The summed E-state index contributed by atoms with van der Waals surface area (Å²) in [5.74, 6) is -0.0966. The van der Waals surface area contributed by atoms with E-state index in [0.29, 0.717) is 13.1 Å². The average Bonchev–Trinajstić information content (AvgIpc) is 3.52.